The molecule has 1 aliphatic carbocycles. The fourth-order valence-electron chi connectivity index (χ4n) is 4.45. The highest BCUT2D eigenvalue weighted by Crippen LogP contribution is 2.35. The lowest BCUT2D eigenvalue weighted by molar-refractivity contribution is -0.136. The molecule has 3 rings (SSSR count). The number of carbonyl (C=O) groups excluding carboxylic acids is 2. The van der Waals surface area contributed by atoms with E-state index in [-0.39, 0.29) is 17.0 Å². The van der Waals surface area contributed by atoms with Gasteiger partial charge in [0.05, 0.1) is 7.11 Å². The third kappa shape index (κ3) is 4.60. The molecule has 0 radical (unpaired) electrons. The fourth-order valence-corrected chi connectivity index (χ4v) is 4.45. The lowest BCUT2D eigenvalue weighted by atomic mass is 9.70. The number of aliphatic imine (C=N–C) groups is 1. The van der Waals surface area contributed by atoms with Crippen LogP contribution in [0.25, 0.3) is 10.9 Å². The molecule has 29 heavy (non-hydrogen) atoms. The van der Waals surface area contributed by atoms with Gasteiger partial charge in [0.15, 0.2) is 0 Å². The van der Waals surface area contributed by atoms with Gasteiger partial charge >= 0.3 is 0 Å². The zero-order chi connectivity index (χ0) is 21.2. The summed E-state index contributed by atoms with van der Waals surface area (Å²) < 4.78 is 5.36. The Morgan fingerprint density at radius 2 is 1.93 bits per heavy atom. The number of hydrogen-bond donors (Lipinski definition) is 1. The highest BCUT2D eigenvalue weighted by Gasteiger charge is 2.41. The summed E-state index contributed by atoms with van der Waals surface area (Å²) in [6.07, 6.45) is 3.24. The number of nitrogens with one attached hydrogen (secondary N) is 1. The number of ketones is 2. The van der Waals surface area contributed by atoms with Crippen molar-refractivity contribution in [2.45, 2.75) is 59.8 Å². The van der Waals surface area contributed by atoms with Crippen LogP contribution in [-0.2, 0) is 16.0 Å². The molecule has 0 atom stereocenters. The number of ether oxygens (including phenoxy) is 1. The van der Waals surface area contributed by atoms with Crippen molar-refractivity contribution in [2.75, 3.05) is 13.7 Å². The molecule has 1 aromatic carbocycles. The van der Waals surface area contributed by atoms with Crippen LogP contribution in [0.4, 0.5) is 0 Å². The van der Waals surface area contributed by atoms with Gasteiger partial charge in [0, 0.05) is 41.7 Å². The summed E-state index contributed by atoms with van der Waals surface area (Å²) in [5.41, 5.74) is 3.94. The number of methoxy groups -OCH3 is 1. The minimum atomic E-state index is -0.632. The van der Waals surface area contributed by atoms with Gasteiger partial charge in [-0.1, -0.05) is 27.2 Å². The smallest absolute Gasteiger partial charge is 0.149 e. The summed E-state index contributed by atoms with van der Waals surface area (Å²) in [7, 11) is 1.67. The van der Waals surface area contributed by atoms with E-state index in [1.54, 1.807) is 7.11 Å². The molecule has 0 saturated heterocycles. The number of H-pyrrole nitrogens is 1. The molecule has 1 aliphatic rings. The van der Waals surface area contributed by atoms with E-state index in [1.165, 1.54) is 5.56 Å². The molecule has 1 saturated carbocycles. The number of aryl methyl sites for hydroxylation is 1. The van der Waals surface area contributed by atoms with Crippen LogP contribution in [0.2, 0.25) is 0 Å². The molecule has 1 N–H and O–H groups in total. The molecule has 1 aromatic heterocycles. The van der Waals surface area contributed by atoms with Crippen LogP contribution in [0, 0.1) is 18.3 Å². The van der Waals surface area contributed by atoms with E-state index in [1.807, 2.05) is 32.0 Å². The van der Waals surface area contributed by atoms with Crippen molar-refractivity contribution in [2.24, 2.45) is 16.3 Å². The van der Waals surface area contributed by atoms with E-state index < -0.39 is 5.92 Å². The van der Waals surface area contributed by atoms with Crippen LogP contribution >= 0.6 is 0 Å². The highest BCUT2D eigenvalue weighted by atomic mass is 16.5. The minimum Gasteiger partial charge on any atom is -0.497 e. The van der Waals surface area contributed by atoms with Crippen LogP contribution in [0.3, 0.4) is 0 Å². The normalized spacial score (nSPS) is 17.9. The first-order valence-electron chi connectivity index (χ1n) is 10.5. The monoisotopic (exact) mass is 396 g/mol. The van der Waals surface area contributed by atoms with Crippen molar-refractivity contribution in [1.29, 1.82) is 0 Å². The second-order valence-corrected chi connectivity index (χ2v) is 8.90. The van der Waals surface area contributed by atoms with Gasteiger partial charge in [-0.25, -0.2) is 0 Å². The average Bonchev–Trinajstić information content (AvgIpc) is 2.94. The van der Waals surface area contributed by atoms with Crippen molar-refractivity contribution >= 4 is 28.2 Å². The van der Waals surface area contributed by atoms with Gasteiger partial charge in [0.25, 0.3) is 0 Å². The number of carbonyl (C=O) groups is 2. The first-order valence-corrected chi connectivity index (χ1v) is 10.5. The maximum atomic E-state index is 12.7. The second kappa shape index (κ2) is 8.52. The number of Topliss-reactive ketones (excluding diaryl/α,β-unsaturated/α-hetero) is 2. The third-order valence-corrected chi connectivity index (χ3v) is 5.79. The molecule has 1 fully saturated rings. The molecule has 2 aromatic rings. The number of nitrogens with zero attached hydrogens (tertiary/aromatic N) is 1. The van der Waals surface area contributed by atoms with E-state index in [0.717, 1.165) is 40.9 Å². The van der Waals surface area contributed by atoms with Crippen molar-refractivity contribution in [3.8, 4) is 5.75 Å². The Kier molecular flexibility index (Phi) is 6.25. The second-order valence-electron chi connectivity index (χ2n) is 8.90. The number of rotatable bonds is 7. The Morgan fingerprint density at radius 1 is 1.24 bits per heavy atom. The van der Waals surface area contributed by atoms with Crippen molar-refractivity contribution < 1.29 is 14.3 Å². The Labute approximate surface area is 172 Å². The minimum absolute atomic E-state index is 0.0338. The Morgan fingerprint density at radius 3 is 2.55 bits per heavy atom. The van der Waals surface area contributed by atoms with E-state index in [9.17, 15) is 9.59 Å². The highest BCUT2D eigenvalue weighted by molar-refractivity contribution is 6.22. The van der Waals surface area contributed by atoms with Gasteiger partial charge in [-0.15, -0.1) is 0 Å². The van der Waals surface area contributed by atoms with E-state index in [2.05, 4.69) is 18.8 Å². The van der Waals surface area contributed by atoms with Gasteiger partial charge in [0.2, 0.25) is 0 Å². The summed E-state index contributed by atoms with van der Waals surface area (Å²) in [6, 6.07) is 6.01. The summed E-state index contributed by atoms with van der Waals surface area (Å²) in [6.45, 7) is 8.68. The fraction of sp³-hybridized carbons (Fsp3) is 0.542. The molecular formula is C24H32N2O3. The van der Waals surface area contributed by atoms with Crippen LogP contribution in [0.5, 0.6) is 5.75 Å². The number of hydrogen-bond acceptors (Lipinski definition) is 4. The van der Waals surface area contributed by atoms with Gasteiger partial charge in [0.1, 0.15) is 23.2 Å². The zero-order valence-electron chi connectivity index (χ0n) is 18.2. The maximum absolute atomic E-state index is 12.7. The standard InChI is InChI=1S/C24H32N2O3/c1-6-7-20(23-21(27)13-24(3,4)14-22(23)28)25-11-10-17-15(2)26-19-9-8-16(29-5)12-18(17)19/h8-9,12,23,26H,6-7,10-11,13-14H2,1-5H3. The van der Waals surface area contributed by atoms with Crippen molar-refractivity contribution in [3.05, 3.63) is 29.5 Å². The van der Waals surface area contributed by atoms with Gasteiger partial charge in [-0.05, 0) is 48.9 Å². The lowest BCUT2D eigenvalue weighted by Crippen LogP contribution is -2.42. The largest absolute Gasteiger partial charge is 0.497 e. The molecule has 0 unspecified atom stereocenters. The molecule has 0 bridgehead atoms. The van der Waals surface area contributed by atoms with Gasteiger partial charge < -0.3 is 9.72 Å². The van der Waals surface area contributed by atoms with Crippen molar-refractivity contribution in [1.82, 2.24) is 4.98 Å². The average molecular weight is 397 g/mol. The molecular weight excluding hydrogens is 364 g/mol. The van der Waals surface area contributed by atoms with Crippen LogP contribution in [0.1, 0.15) is 57.7 Å². The predicted molar refractivity (Wildman–Crippen MR) is 117 cm³/mol. The maximum Gasteiger partial charge on any atom is 0.149 e. The third-order valence-electron chi connectivity index (χ3n) is 5.79. The first-order chi connectivity index (χ1) is 13.8. The first kappa shape index (κ1) is 21.3. The van der Waals surface area contributed by atoms with Crippen molar-refractivity contribution in [3.63, 3.8) is 0 Å². The summed E-state index contributed by atoms with van der Waals surface area (Å²) in [4.78, 5) is 33.6. The lowest BCUT2D eigenvalue weighted by Gasteiger charge is -2.32. The van der Waals surface area contributed by atoms with Crippen LogP contribution in [0.15, 0.2) is 23.2 Å². The summed E-state index contributed by atoms with van der Waals surface area (Å²) in [5.74, 6) is 0.263. The van der Waals surface area contributed by atoms with Gasteiger partial charge in [-0.2, -0.15) is 0 Å². The quantitative estimate of drug-likeness (QED) is 0.537. The molecule has 0 amide bonds. The topological polar surface area (TPSA) is 71.5 Å². The van der Waals surface area contributed by atoms with Crippen LogP contribution in [-0.4, -0.2) is 35.9 Å². The Hall–Kier alpha value is -2.43. The number of fused-ring (bicyclic) bond motifs is 1. The molecule has 5 heteroatoms. The van der Waals surface area contributed by atoms with E-state index in [4.69, 9.17) is 9.73 Å². The molecule has 5 nitrogen and oxygen atoms in total. The van der Waals surface area contributed by atoms with Gasteiger partial charge in [-0.3, -0.25) is 14.6 Å². The van der Waals surface area contributed by atoms with Crippen LogP contribution < -0.4 is 4.74 Å². The van der Waals surface area contributed by atoms with E-state index >= 15 is 0 Å². The Balaban J connectivity index is 1.82. The summed E-state index contributed by atoms with van der Waals surface area (Å²) in [5, 5.41) is 1.14. The van der Waals surface area contributed by atoms with E-state index in [0.29, 0.717) is 25.8 Å². The SMILES string of the molecule is CCCC(=NCCc1c(C)[nH]c2ccc(OC)cc12)C1C(=O)CC(C)(C)CC1=O. The number of aromatic amines is 1. The molecule has 0 aliphatic heterocycles. The molecule has 1 heterocycles. The number of benzene rings is 1. The molecule has 156 valence electrons. The summed E-state index contributed by atoms with van der Waals surface area (Å²) >= 11 is 0. The Bertz CT molecular complexity index is 932. The molecule has 0 spiro atoms. The number of aromatic nitrogens is 1. The zero-order valence-corrected chi connectivity index (χ0v) is 18.2. The predicted octanol–water partition coefficient (Wildman–Crippen LogP) is 4.84.